The normalized spacial score (nSPS) is 10.7. The number of ether oxygens (including phenoxy) is 1. The van der Waals surface area contributed by atoms with Gasteiger partial charge in [0.15, 0.2) is 0 Å². The van der Waals surface area contributed by atoms with Crippen LogP contribution in [0.3, 0.4) is 0 Å². The number of hydrogen-bond donors (Lipinski definition) is 2. The minimum atomic E-state index is -0.573. The van der Waals surface area contributed by atoms with Crippen LogP contribution in [-0.4, -0.2) is 28.0 Å². The molecule has 11 nitrogen and oxygen atoms in total. The summed E-state index contributed by atoms with van der Waals surface area (Å²) in [7, 11) is 1.29. The number of nitro groups is 1. The monoisotopic (exact) mass is 469 g/mol. The van der Waals surface area contributed by atoms with Crippen molar-refractivity contribution in [3.8, 4) is 0 Å². The second-order valence-corrected chi connectivity index (χ2v) is 7.08. The second kappa shape index (κ2) is 10.6. The molecular formula is C24H19N7O4. The summed E-state index contributed by atoms with van der Waals surface area (Å²) in [5.74, 6) is -0.479. The van der Waals surface area contributed by atoms with Crippen molar-refractivity contribution in [2.75, 3.05) is 17.7 Å². The number of benzene rings is 3. The van der Waals surface area contributed by atoms with Crippen LogP contribution >= 0.6 is 0 Å². The Hall–Kier alpha value is -5.19. The first kappa shape index (κ1) is 23.0. The molecule has 0 atom stereocenters. The van der Waals surface area contributed by atoms with Crippen LogP contribution in [0.2, 0.25) is 0 Å². The number of nitrogens with one attached hydrogen (secondary N) is 2. The Bertz CT molecular complexity index is 1360. The van der Waals surface area contributed by atoms with E-state index < -0.39 is 10.9 Å². The number of carbonyl (C=O) groups excluding carboxylic acids is 1. The van der Waals surface area contributed by atoms with Crippen LogP contribution in [0.25, 0.3) is 0 Å². The zero-order valence-electron chi connectivity index (χ0n) is 18.5. The van der Waals surface area contributed by atoms with Gasteiger partial charge in [0, 0.05) is 11.4 Å². The molecule has 3 aromatic carbocycles. The number of esters is 1. The van der Waals surface area contributed by atoms with Gasteiger partial charge >= 0.3 is 11.7 Å². The topological polar surface area (TPSA) is 144 Å². The Morgan fingerprint density at radius 2 is 1.34 bits per heavy atom. The van der Waals surface area contributed by atoms with E-state index in [9.17, 15) is 14.9 Å². The van der Waals surface area contributed by atoms with Gasteiger partial charge in [-0.15, -0.1) is 0 Å². The first-order valence-corrected chi connectivity index (χ1v) is 10.3. The molecule has 0 aliphatic carbocycles. The zero-order chi connectivity index (χ0) is 24.6. The lowest BCUT2D eigenvalue weighted by Gasteiger charge is -2.10. The number of carbonyl (C=O) groups is 1. The summed E-state index contributed by atoms with van der Waals surface area (Å²) in [6.45, 7) is 0. The summed E-state index contributed by atoms with van der Waals surface area (Å²) in [4.78, 5) is 30.9. The van der Waals surface area contributed by atoms with E-state index in [0.717, 1.165) is 5.69 Å². The van der Waals surface area contributed by atoms with Crippen LogP contribution in [-0.2, 0) is 4.74 Å². The van der Waals surface area contributed by atoms with Crippen molar-refractivity contribution in [2.24, 2.45) is 10.2 Å². The number of rotatable bonds is 8. The number of anilines is 4. The summed E-state index contributed by atoms with van der Waals surface area (Å²) in [5, 5.41) is 26.0. The molecule has 174 valence electrons. The molecule has 1 aromatic heterocycles. The first-order chi connectivity index (χ1) is 17.0. The van der Waals surface area contributed by atoms with Crippen molar-refractivity contribution in [2.45, 2.75) is 0 Å². The van der Waals surface area contributed by atoms with E-state index in [1.807, 2.05) is 30.3 Å². The molecule has 0 unspecified atom stereocenters. The van der Waals surface area contributed by atoms with Gasteiger partial charge in [-0.3, -0.25) is 10.1 Å². The zero-order valence-corrected chi connectivity index (χ0v) is 18.5. The van der Waals surface area contributed by atoms with Crippen LogP contribution in [0.1, 0.15) is 10.4 Å². The van der Waals surface area contributed by atoms with Crippen molar-refractivity contribution >= 4 is 46.0 Å². The third-order valence-corrected chi connectivity index (χ3v) is 4.74. The van der Waals surface area contributed by atoms with Crippen molar-refractivity contribution in [1.82, 2.24) is 9.97 Å². The quantitative estimate of drug-likeness (QED) is 0.137. The molecule has 35 heavy (non-hydrogen) atoms. The van der Waals surface area contributed by atoms with Crippen molar-refractivity contribution in [3.05, 3.63) is 101 Å². The van der Waals surface area contributed by atoms with Crippen molar-refractivity contribution < 1.29 is 14.5 Å². The molecule has 0 fully saturated rings. The van der Waals surface area contributed by atoms with E-state index in [1.165, 1.54) is 25.6 Å². The fraction of sp³-hybridized carbons (Fsp3) is 0.0417. The molecule has 0 saturated heterocycles. The van der Waals surface area contributed by atoms with E-state index in [2.05, 4.69) is 35.6 Å². The lowest BCUT2D eigenvalue weighted by Crippen LogP contribution is -2.06. The Kier molecular flexibility index (Phi) is 6.97. The largest absolute Gasteiger partial charge is 0.465 e. The molecule has 0 aliphatic heterocycles. The van der Waals surface area contributed by atoms with Crippen LogP contribution in [0, 0.1) is 10.1 Å². The molecule has 1 heterocycles. The number of hydrogen-bond acceptors (Lipinski definition) is 10. The average Bonchev–Trinajstić information content (AvgIpc) is 2.89. The number of methoxy groups -OCH3 is 1. The van der Waals surface area contributed by atoms with E-state index >= 15 is 0 Å². The molecule has 4 rings (SSSR count). The number of azo groups is 1. The molecule has 0 radical (unpaired) electrons. The van der Waals surface area contributed by atoms with E-state index in [-0.39, 0.29) is 17.3 Å². The fourth-order valence-corrected chi connectivity index (χ4v) is 3.04. The minimum Gasteiger partial charge on any atom is -0.465 e. The van der Waals surface area contributed by atoms with Gasteiger partial charge < -0.3 is 15.4 Å². The summed E-state index contributed by atoms with van der Waals surface area (Å²) in [6, 6.07) is 22.5. The highest BCUT2D eigenvalue weighted by Gasteiger charge is 2.23. The van der Waals surface area contributed by atoms with Gasteiger partial charge in [-0.1, -0.05) is 18.2 Å². The van der Waals surface area contributed by atoms with E-state index in [1.54, 1.807) is 36.4 Å². The van der Waals surface area contributed by atoms with Crippen LogP contribution in [0.5, 0.6) is 0 Å². The van der Waals surface area contributed by atoms with Gasteiger partial charge in [0.2, 0.25) is 11.6 Å². The second-order valence-electron chi connectivity index (χ2n) is 7.08. The van der Waals surface area contributed by atoms with Crippen LogP contribution in [0.4, 0.5) is 40.1 Å². The van der Waals surface area contributed by atoms with E-state index in [0.29, 0.717) is 22.6 Å². The molecule has 0 bridgehead atoms. The highest BCUT2D eigenvalue weighted by atomic mass is 16.6. The third kappa shape index (κ3) is 5.79. The highest BCUT2D eigenvalue weighted by Crippen LogP contribution is 2.33. The Labute approximate surface area is 199 Å². The average molecular weight is 469 g/mol. The Balaban J connectivity index is 1.52. The van der Waals surface area contributed by atoms with Gasteiger partial charge in [-0.05, 0) is 60.7 Å². The molecule has 0 spiro atoms. The lowest BCUT2D eigenvalue weighted by atomic mass is 10.2. The molecule has 0 amide bonds. The number of nitrogens with zero attached hydrogens (tertiary/aromatic N) is 5. The van der Waals surface area contributed by atoms with Crippen LogP contribution < -0.4 is 10.6 Å². The summed E-state index contributed by atoms with van der Waals surface area (Å²) >= 11 is 0. The maximum absolute atomic E-state index is 11.8. The summed E-state index contributed by atoms with van der Waals surface area (Å²) in [6.07, 6.45) is 1.21. The van der Waals surface area contributed by atoms with Gasteiger partial charge in [0.1, 0.15) is 6.33 Å². The van der Waals surface area contributed by atoms with E-state index in [4.69, 9.17) is 0 Å². The predicted molar refractivity (Wildman–Crippen MR) is 130 cm³/mol. The molecular weight excluding hydrogens is 450 g/mol. The molecule has 0 aliphatic rings. The van der Waals surface area contributed by atoms with Gasteiger partial charge in [0.25, 0.3) is 0 Å². The fourth-order valence-electron chi connectivity index (χ4n) is 3.04. The molecule has 0 saturated carbocycles. The van der Waals surface area contributed by atoms with Gasteiger partial charge in [-0.2, -0.15) is 10.2 Å². The maximum atomic E-state index is 11.8. The maximum Gasteiger partial charge on any atom is 0.353 e. The van der Waals surface area contributed by atoms with Crippen molar-refractivity contribution in [1.29, 1.82) is 0 Å². The van der Waals surface area contributed by atoms with Crippen molar-refractivity contribution in [3.63, 3.8) is 0 Å². The lowest BCUT2D eigenvalue weighted by molar-refractivity contribution is -0.383. The molecule has 4 aromatic rings. The summed E-state index contributed by atoms with van der Waals surface area (Å²) in [5.41, 5.74) is 2.43. The number of aromatic nitrogens is 2. The predicted octanol–water partition coefficient (Wildman–Crippen LogP) is 6.07. The highest BCUT2D eigenvalue weighted by molar-refractivity contribution is 5.90. The Morgan fingerprint density at radius 1 is 0.829 bits per heavy atom. The molecule has 2 N–H and O–H groups in total. The third-order valence-electron chi connectivity index (χ3n) is 4.74. The standard InChI is InChI=1S/C24H19N7O4/c1-35-24(32)16-7-9-17(10-8-16)27-22-21(31(33)34)23(26-15-25-22)28-18-11-13-20(14-12-18)30-29-19-5-3-2-4-6-19/h2-15H,1H3,(H2,25,26,27,28). The minimum absolute atomic E-state index is 0.00778. The summed E-state index contributed by atoms with van der Waals surface area (Å²) < 4.78 is 4.67. The van der Waals surface area contributed by atoms with Gasteiger partial charge in [-0.25, -0.2) is 14.8 Å². The smallest absolute Gasteiger partial charge is 0.353 e. The first-order valence-electron chi connectivity index (χ1n) is 10.3. The SMILES string of the molecule is COC(=O)c1ccc(Nc2ncnc(Nc3ccc(N=Nc4ccccc4)cc3)c2[N+](=O)[O-])cc1. The molecule has 11 heteroatoms. The van der Waals surface area contributed by atoms with Gasteiger partial charge in [0.05, 0.1) is 29.0 Å². The van der Waals surface area contributed by atoms with Crippen LogP contribution in [0.15, 0.2) is 95.4 Å². The Morgan fingerprint density at radius 3 is 1.86 bits per heavy atom.